The van der Waals surface area contributed by atoms with E-state index in [4.69, 9.17) is 0 Å². The number of nitrogens with one attached hydrogen (secondary N) is 1. The van der Waals surface area contributed by atoms with E-state index in [2.05, 4.69) is 29.2 Å². The van der Waals surface area contributed by atoms with Crippen molar-refractivity contribution in [3.63, 3.8) is 0 Å². The minimum atomic E-state index is -0.616. The van der Waals surface area contributed by atoms with Crippen LogP contribution in [0.5, 0.6) is 0 Å². The zero-order valence-electron chi connectivity index (χ0n) is 13.5. The third-order valence-corrected chi connectivity index (χ3v) is 4.18. The van der Waals surface area contributed by atoms with Gasteiger partial charge in [-0.1, -0.05) is 60.7 Å². The highest BCUT2D eigenvalue weighted by molar-refractivity contribution is 5.63. The van der Waals surface area contributed by atoms with Gasteiger partial charge in [0.1, 0.15) is 6.10 Å². The van der Waals surface area contributed by atoms with Gasteiger partial charge in [-0.15, -0.1) is 0 Å². The van der Waals surface area contributed by atoms with Gasteiger partial charge in [-0.3, -0.25) is 0 Å². The van der Waals surface area contributed by atoms with Crippen molar-refractivity contribution in [3.8, 4) is 11.1 Å². The van der Waals surface area contributed by atoms with E-state index >= 15 is 0 Å². The Bertz CT molecular complexity index is 798. The lowest BCUT2D eigenvalue weighted by Gasteiger charge is -2.12. The number of aromatic nitrogens is 1. The lowest BCUT2D eigenvalue weighted by molar-refractivity contribution is 0.220. The number of H-pyrrole nitrogens is 1. The van der Waals surface area contributed by atoms with E-state index in [-0.39, 0.29) is 0 Å². The van der Waals surface area contributed by atoms with Crippen molar-refractivity contribution >= 4 is 6.08 Å². The van der Waals surface area contributed by atoms with Gasteiger partial charge in [0.25, 0.3) is 0 Å². The minimum Gasteiger partial charge on any atom is -0.384 e. The van der Waals surface area contributed by atoms with Crippen LogP contribution in [-0.4, -0.2) is 10.1 Å². The molecule has 23 heavy (non-hydrogen) atoms. The zero-order valence-corrected chi connectivity index (χ0v) is 13.5. The highest BCUT2D eigenvalue weighted by Crippen LogP contribution is 2.29. The summed E-state index contributed by atoms with van der Waals surface area (Å²) < 4.78 is 0. The molecule has 116 valence electrons. The number of aliphatic hydroxyl groups excluding tert-OH is 1. The minimum absolute atomic E-state index is 0.616. The van der Waals surface area contributed by atoms with Crippen LogP contribution in [0.4, 0.5) is 0 Å². The van der Waals surface area contributed by atoms with Gasteiger partial charge in [0.15, 0.2) is 0 Å². The number of rotatable bonds is 4. The number of benzene rings is 2. The summed E-state index contributed by atoms with van der Waals surface area (Å²) in [7, 11) is 0. The Morgan fingerprint density at radius 1 is 0.957 bits per heavy atom. The van der Waals surface area contributed by atoms with E-state index in [0.717, 1.165) is 27.9 Å². The predicted octanol–water partition coefficient (Wildman–Crippen LogP) is 5.10. The molecule has 2 N–H and O–H groups in total. The standard InChI is InChI=1S/C21H21NO/c1-3-7-20-15(2)19(14-22-20)21(23)18-12-10-17(11-13-18)16-8-5-4-6-9-16/h3-14,21-23H,1-2H3/b7-3-. The lowest BCUT2D eigenvalue weighted by atomic mass is 9.97. The maximum atomic E-state index is 10.7. The first kappa shape index (κ1) is 15.3. The topological polar surface area (TPSA) is 36.0 Å². The Labute approximate surface area is 137 Å². The second kappa shape index (κ2) is 6.67. The summed E-state index contributed by atoms with van der Waals surface area (Å²) in [5.41, 5.74) is 6.29. The first-order valence-corrected chi connectivity index (χ1v) is 7.84. The average molecular weight is 303 g/mol. The Morgan fingerprint density at radius 2 is 1.61 bits per heavy atom. The maximum Gasteiger partial charge on any atom is 0.106 e. The highest BCUT2D eigenvalue weighted by Gasteiger charge is 2.15. The molecule has 0 spiro atoms. The molecule has 0 radical (unpaired) electrons. The van der Waals surface area contributed by atoms with Crippen molar-refractivity contribution in [2.24, 2.45) is 0 Å². The molecule has 2 aromatic carbocycles. The van der Waals surface area contributed by atoms with Crippen LogP contribution in [0.1, 0.15) is 35.4 Å². The SMILES string of the molecule is C/C=C\c1[nH]cc(C(O)c2ccc(-c3ccccc3)cc2)c1C. The van der Waals surface area contributed by atoms with Crippen LogP contribution < -0.4 is 0 Å². The van der Waals surface area contributed by atoms with Gasteiger partial charge in [0, 0.05) is 17.5 Å². The van der Waals surface area contributed by atoms with Crippen molar-refractivity contribution < 1.29 is 5.11 Å². The third kappa shape index (κ3) is 3.13. The predicted molar refractivity (Wildman–Crippen MR) is 96.2 cm³/mol. The summed E-state index contributed by atoms with van der Waals surface area (Å²) in [6.45, 7) is 4.02. The smallest absolute Gasteiger partial charge is 0.106 e. The van der Waals surface area contributed by atoms with Gasteiger partial charge in [-0.05, 0) is 42.2 Å². The maximum absolute atomic E-state index is 10.7. The van der Waals surface area contributed by atoms with Gasteiger partial charge >= 0.3 is 0 Å². The Hall–Kier alpha value is -2.58. The molecule has 3 aromatic rings. The molecule has 3 rings (SSSR count). The summed E-state index contributed by atoms with van der Waals surface area (Å²) in [6.07, 6.45) is 5.28. The monoisotopic (exact) mass is 303 g/mol. The van der Waals surface area contributed by atoms with Gasteiger partial charge < -0.3 is 10.1 Å². The molecule has 1 aromatic heterocycles. The van der Waals surface area contributed by atoms with Gasteiger partial charge in [0.05, 0.1) is 0 Å². The molecule has 2 nitrogen and oxygen atoms in total. The highest BCUT2D eigenvalue weighted by atomic mass is 16.3. The fourth-order valence-corrected chi connectivity index (χ4v) is 2.82. The van der Waals surface area contributed by atoms with Crippen LogP contribution in [0.2, 0.25) is 0 Å². The van der Waals surface area contributed by atoms with Gasteiger partial charge in [0.2, 0.25) is 0 Å². The number of allylic oxidation sites excluding steroid dienone is 1. The lowest BCUT2D eigenvalue weighted by Crippen LogP contribution is -2.00. The van der Waals surface area contributed by atoms with Crippen LogP contribution in [0.3, 0.4) is 0 Å². The summed E-state index contributed by atoms with van der Waals surface area (Å²) in [5, 5.41) is 10.7. The first-order valence-electron chi connectivity index (χ1n) is 7.84. The summed E-state index contributed by atoms with van der Waals surface area (Å²) in [4.78, 5) is 3.22. The van der Waals surface area contributed by atoms with Crippen LogP contribution in [-0.2, 0) is 0 Å². The van der Waals surface area contributed by atoms with E-state index in [1.807, 2.05) is 62.5 Å². The molecule has 0 amide bonds. The molecular weight excluding hydrogens is 282 g/mol. The second-order valence-corrected chi connectivity index (χ2v) is 5.67. The quantitative estimate of drug-likeness (QED) is 0.690. The molecule has 0 bridgehead atoms. The normalized spacial score (nSPS) is 12.7. The average Bonchev–Trinajstić information content (AvgIpc) is 2.96. The molecule has 1 heterocycles. The number of aromatic amines is 1. The molecule has 0 fully saturated rings. The van der Waals surface area contributed by atoms with Gasteiger partial charge in [-0.25, -0.2) is 0 Å². The number of hydrogen-bond donors (Lipinski definition) is 2. The molecular formula is C21H21NO. The van der Waals surface area contributed by atoms with Crippen molar-refractivity contribution in [1.82, 2.24) is 4.98 Å². The summed E-state index contributed by atoms with van der Waals surface area (Å²) in [6, 6.07) is 18.4. The molecule has 1 atom stereocenters. The van der Waals surface area contributed by atoms with Gasteiger partial charge in [-0.2, -0.15) is 0 Å². The van der Waals surface area contributed by atoms with E-state index in [9.17, 15) is 5.11 Å². The number of hydrogen-bond acceptors (Lipinski definition) is 1. The largest absolute Gasteiger partial charge is 0.384 e. The van der Waals surface area contributed by atoms with Crippen molar-refractivity contribution in [1.29, 1.82) is 0 Å². The van der Waals surface area contributed by atoms with E-state index in [1.54, 1.807) is 0 Å². The summed E-state index contributed by atoms with van der Waals surface area (Å²) >= 11 is 0. The van der Waals surface area contributed by atoms with Crippen LogP contribution in [0, 0.1) is 6.92 Å². The number of aliphatic hydroxyl groups is 1. The Balaban J connectivity index is 1.87. The molecule has 0 saturated heterocycles. The second-order valence-electron chi connectivity index (χ2n) is 5.67. The van der Waals surface area contributed by atoms with Crippen LogP contribution >= 0.6 is 0 Å². The fourth-order valence-electron chi connectivity index (χ4n) is 2.82. The summed E-state index contributed by atoms with van der Waals surface area (Å²) in [5.74, 6) is 0. The van der Waals surface area contributed by atoms with E-state index < -0.39 is 6.10 Å². The van der Waals surface area contributed by atoms with Crippen molar-refractivity contribution in [3.05, 3.63) is 89.3 Å². The molecule has 0 aliphatic carbocycles. The zero-order chi connectivity index (χ0) is 16.2. The van der Waals surface area contributed by atoms with Crippen molar-refractivity contribution in [2.75, 3.05) is 0 Å². The first-order chi connectivity index (χ1) is 11.2. The van der Waals surface area contributed by atoms with Crippen LogP contribution in [0.25, 0.3) is 17.2 Å². The fraction of sp³-hybridized carbons (Fsp3) is 0.143. The van der Waals surface area contributed by atoms with Crippen LogP contribution in [0.15, 0.2) is 66.9 Å². The third-order valence-electron chi connectivity index (χ3n) is 4.18. The van der Waals surface area contributed by atoms with E-state index in [0.29, 0.717) is 0 Å². The Morgan fingerprint density at radius 3 is 2.26 bits per heavy atom. The van der Waals surface area contributed by atoms with E-state index in [1.165, 1.54) is 5.56 Å². The molecule has 1 unspecified atom stereocenters. The van der Waals surface area contributed by atoms with Crippen molar-refractivity contribution in [2.45, 2.75) is 20.0 Å². The molecule has 2 heteroatoms. The molecule has 0 aliphatic heterocycles. The Kier molecular flexibility index (Phi) is 4.45. The molecule has 0 aliphatic rings. The molecule has 0 saturated carbocycles.